The van der Waals surface area contributed by atoms with E-state index in [-0.39, 0.29) is 16.7 Å². The first-order valence-corrected chi connectivity index (χ1v) is 12.9. The Kier molecular flexibility index (Phi) is 7.63. The second kappa shape index (κ2) is 10.7. The highest BCUT2D eigenvalue weighted by atomic mass is 16.5. The summed E-state index contributed by atoms with van der Waals surface area (Å²) in [5, 5.41) is 11.7. The second-order valence-electron chi connectivity index (χ2n) is 10.4. The number of rotatable bonds is 7. The summed E-state index contributed by atoms with van der Waals surface area (Å²) in [5.74, 6) is -0.354. The zero-order valence-corrected chi connectivity index (χ0v) is 22.9. The summed E-state index contributed by atoms with van der Waals surface area (Å²) in [7, 11) is 0. The molecule has 3 aromatic carbocycles. The van der Waals surface area contributed by atoms with Gasteiger partial charge in [0.15, 0.2) is 0 Å². The largest absolute Gasteiger partial charge is 0.507 e. The van der Waals surface area contributed by atoms with E-state index in [2.05, 4.69) is 20.8 Å². The van der Waals surface area contributed by atoms with E-state index >= 15 is 0 Å². The first-order valence-electron chi connectivity index (χ1n) is 12.9. The number of ketones is 1. The summed E-state index contributed by atoms with van der Waals surface area (Å²) in [6.07, 6.45) is 0. The van der Waals surface area contributed by atoms with Crippen molar-refractivity contribution in [3.05, 3.63) is 94.6 Å². The van der Waals surface area contributed by atoms with E-state index in [9.17, 15) is 14.7 Å². The number of hydrogen-bond donors (Lipinski definition) is 1. The van der Waals surface area contributed by atoms with Crippen molar-refractivity contribution < 1.29 is 24.2 Å². The summed E-state index contributed by atoms with van der Waals surface area (Å²) in [5.41, 5.74) is 3.44. The average Bonchev–Trinajstić information content (AvgIpc) is 3.14. The number of Topliss-reactive ketones (excluding diaryl/α,β-unsaturated/α-hetero) is 1. The Morgan fingerprint density at radius 3 is 2.18 bits per heavy atom. The fourth-order valence-corrected chi connectivity index (χ4v) is 4.71. The van der Waals surface area contributed by atoms with Crippen LogP contribution in [-0.2, 0) is 15.0 Å². The van der Waals surface area contributed by atoms with Gasteiger partial charge in [0.05, 0.1) is 24.8 Å². The summed E-state index contributed by atoms with van der Waals surface area (Å²) < 4.78 is 11.3. The Balaban J connectivity index is 1.94. The molecule has 0 saturated carbocycles. The van der Waals surface area contributed by atoms with E-state index in [1.54, 1.807) is 36.4 Å². The molecule has 0 aromatic heterocycles. The van der Waals surface area contributed by atoms with E-state index in [0.717, 1.165) is 11.1 Å². The van der Waals surface area contributed by atoms with Crippen molar-refractivity contribution in [3.63, 3.8) is 0 Å². The molecule has 1 aliphatic rings. The molecule has 6 heteroatoms. The number of aliphatic hydroxyl groups is 1. The summed E-state index contributed by atoms with van der Waals surface area (Å²) in [4.78, 5) is 28.6. The van der Waals surface area contributed by atoms with Crippen LogP contribution in [0.4, 0.5) is 5.69 Å². The third kappa shape index (κ3) is 5.17. The lowest BCUT2D eigenvalue weighted by Gasteiger charge is -2.26. The molecule has 38 heavy (non-hydrogen) atoms. The van der Waals surface area contributed by atoms with Crippen LogP contribution in [0.25, 0.3) is 5.76 Å². The summed E-state index contributed by atoms with van der Waals surface area (Å²) in [6, 6.07) is 19.4. The van der Waals surface area contributed by atoms with Crippen molar-refractivity contribution in [2.75, 3.05) is 18.1 Å². The molecule has 1 atom stereocenters. The molecule has 1 heterocycles. The minimum atomic E-state index is -0.833. The zero-order chi connectivity index (χ0) is 27.6. The van der Waals surface area contributed by atoms with Crippen LogP contribution in [0.1, 0.15) is 62.9 Å². The number of anilines is 1. The maximum atomic E-state index is 13.6. The predicted molar refractivity (Wildman–Crippen MR) is 150 cm³/mol. The minimum absolute atomic E-state index is 0.0510. The lowest BCUT2D eigenvalue weighted by Crippen LogP contribution is -2.29. The van der Waals surface area contributed by atoms with E-state index < -0.39 is 17.7 Å². The molecule has 3 aromatic rings. The molecule has 6 nitrogen and oxygen atoms in total. The van der Waals surface area contributed by atoms with Crippen LogP contribution < -0.4 is 14.4 Å². The third-order valence-electron chi connectivity index (χ3n) is 6.72. The van der Waals surface area contributed by atoms with Crippen molar-refractivity contribution in [2.24, 2.45) is 0 Å². The van der Waals surface area contributed by atoms with Gasteiger partial charge in [-0.2, -0.15) is 0 Å². The van der Waals surface area contributed by atoms with E-state index in [1.807, 2.05) is 51.1 Å². The molecule has 1 aliphatic heterocycles. The van der Waals surface area contributed by atoms with Gasteiger partial charge < -0.3 is 14.6 Å². The molecule has 1 fully saturated rings. The first kappa shape index (κ1) is 27.0. The number of ether oxygens (including phenoxy) is 2. The molecular weight excluding hydrogens is 478 g/mol. The molecule has 0 bridgehead atoms. The quantitative estimate of drug-likeness (QED) is 0.216. The minimum Gasteiger partial charge on any atom is -0.507 e. The zero-order valence-electron chi connectivity index (χ0n) is 22.9. The molecule has 0 spiro atoms. The van der Waals surface area contributed by atoms with Crippen molar-refractivity contribution >= 4 is 23.1 Å². The Bertz CT molecular complexity index is 1380. The van der Waals surface area contributed by atoms with Crippen LogP contribution in [0.2, 0.25) is 0 Å². The topological polar surface area (TPSA) is 76.1 Å². The van der Waals surface area contributed by atoms with Gasteiger partial charge >= 0.3 is 0 Å². The van der Waals surface area contributed by atoms with Crippen LogP contribution in [0.3, 0.4) is 0 Å². The van der Waals surface area contributed by atoms with Crippen LogP contribution in [0.5, 0.6) is 11.5 Å². The van der Waals surface area contributed by atoms with Crippen LogP contribution >= 0.6 is 0 Å². The molecule has 4 rings (SSSR count). The Morgan fingerprint density at radius 1 is 0.895 bits per heavy atom. The molecule has 1 N–H and O–H groups in total. The van der Waals surface area contributed by atoms with Crippen LogP contribution in [-0.4, -0.2) is 30.0 Å². The average molecular weight is 514 g/mol. The predicted octanol–water partition coefficient (Wildman–Crippen LogP) is 6.72. The normalized spacial score (nSPS) is 17.1. The SMILES string of the molecule is CCOc1ccc(C2/C(=C(\O)c3cc(C(C)(C)C)ccc3C)C(=O)C(=O)N2c2cccc(OCC)c2)cc1. The molecule has 1 saturated heterocycles. The highest BCUT2D eigenvalue weighted by Crippen LogP contribution is 2.43. The fraction of sp³-hybridized carbons (Fsp3) is 0.312. The van der Waals surface area contributed by atoms with E-state index in [4.69, 9.17) is 9.47 Å². The number of amides is 1. The van der Waals surface area contributed by atoms with E-state index in [1.165, 1.54) is 4.90 Å². The maximum Gasteiger partial charge on any atom is 0.300 e. The van der Waals surface area contributed by atoms with Crippen molar-refractivity contribution in [1.29, 1.82) is 0 Å². The number of carbonyl (C=O) groups is 2. The fourth-order valence-electron chi connectivity index (χ4n) is 4.71. The first-order chi connectivity index (χ1) is 18.1. The monoisotopic (exact) mass is 513 g/mol. The highest BCUT2D eigenvalue weighted by Gasteiger charge is 2.47. The maximum absolute atomic E-state index is 13.6. The third-order valence-corrected chi connectivity index (χ3v) is 6.72. The summed E-state index contributed by atoms with van der Waals surface area (Å²) >= 11 is 0. The van der Waals surface area contributed by atoms with Gasteiger partial charge in [0.25, 0.3) is 11.7 Å². The molecule has 0 aliphatic carbocycles. The Labute approximate surface area is 224 Å². The van der Waals surface area contributed by atoms with Gasteiger partial charge in [-0.3, -0.25) is 14.5 Å². The summed E-state index contributed by atoms with van der Waals surface area (Å²) in [6.45, 7) is 12.9. The molecule has 198 valence electrons. The Morgan fingerprint density at radius 2 is 1.55 bits per heavy atom. The lowest BCUT2D eigenvalue weighted by atomic mass is 9.84. The molecular formula is C32H35NO5. The van der Waals surface area contributed by atoms with Crippen LogP contribution in [0.15, 0.2) is 72.3 Å². The van der Waals surface area contributed by atoms with Gasteiger partial charge in [0.2, 0.25) is 0 Å². The number of aliphatic hydroxyl groups excluding tert-OH is 1. The van der Waals surface area contributed by atoms with Crippen LogP contribution in [0, 0.1) is 6.92 Å². The standard InChI is InChI=1S/C32H35NO5/c1-7-37-24-16-13-21(14-17-24)28-27(29(34)26-18-22(32(4,5)6)15-12-20(26)3)30(35)31(36)33(28)23-10-9-11-25(19-23)38-8-2/h9-19,28,34H,7-8H2,1-6H3/b29-27+. The number of nitrogens with zero attached hydrogens (tertiary/aromatic N) is 1. The Hall–Kier alpha value is -4.06. The number of carbonyl (C=O) groups excluding carboxylic acids is 2. The molecule has 0 radical (unpaired) electrons. The van der Waals surface area contributed by atoms with Gasteiger partial charge in [-0.05, 0) is 73.2 Å². The van der Waals surface area contributed by atoms with Gasteiger partial charge in [-0.25, -0.2) is 0 Å². The number of benzene rings is 3. The highest BCUT2D eigenvalue weighted by molar-refractivity contribution is 6.51. The van der Waals surface area contributed by atoms with Gasteiger partial charge in [-0.15, -0.1) is 0 Å². The van der Waals surface area contributed by atoms with Gasteiger partial charge in [0, 0.05) is 17.3 Å². The number of hydrogen-bond acceptors (Lipinski definition) is 5. The van der Waals surface area contributed by atoms with Crippen molar-refractivity contribution in [1.82, 2.24) is 0 Å². The number of aryl methyl sites for hydroxylation is 1. The molecule has 1 unspecified atom stereocenters. The van der Waals surface area contributed by atoms with E-state index in [0.29, 0.717) is 41.5 Å². The van der Waals surface area contributed by atoms with Crippen molar-refractivity contribution in [3.8, 4) is 11.5 Å². The molecule has 1 amide bonds. The second-order valence-corrected chi connectivity index (χ2v) is 10.4. The van der Waals surface area contributed by atoms with Crippen molar-refractivity contribution in [2.45, 2.75) is 53.0 Å². The van der Waals surface area contributed by atoms with Gasteiger partial charge in [0.1, 0.15) is 17.3 Å². The lowest BCUT2D eigenvalue weighted by molar-refractivity contribution is -0.132. The van der Waals surface area contributed by atoms with Gasteiger partial charge in [-0.1, -0.05) is 51.1 Å². The smallest absolute Gasteiger partial charge is 0.300 e.